The average Bonchev–Trinajstić information content (AvgIpc) is 2.63. The predicted octanol–water partition coefficient (Wildman–Crippen LogP) is 3.61. The van der Waals surface area contributed by atoms with Gasteiger partial charge in [-0.1, -0.05) is 0 Å². The van der Waals surface area contributed by atoms with Crippen LogP contribution in [0.1, 0.15) is 10.4 Å². The summed E-state index contributed by atoms with van der Waals surface area (Å²) in [5.74, 6) is 0.393. The number of hydrogen-bond acceptors (Lipinski definition) is 6. The fourth-order valence-corrected chi connectivity index (χ4v) is 2.11. The highest BCUT2D eigenvalue weighted by atomic mass is 16.6. The molecule has 24 heavy (non-hydrogen) atoms. The van der Waals surface area contributed by atoms with Gasteiger partial charge in [-0.3, -0.25) is 14.9 Å². The van der Waals surface area contributed by atoms with E-state index in [1.807, 2.05) is 0 Å². The Balaban J connectivity index is 1.82. The van der Waals surface area contributed by atoms with Crippen LogP contribution in [0.25, 0.3) is 11.3 Å². The highest BCUT2D eigenvalue weighted by Gasteiger charge is 2.07. The number of rotatable bonds is 5. The van der Waals surface area contributed by atoms with E-state index in [1.54, 1.807) is 48.7 Å². The number of hydrogen-bond donors (Lipinski definition) is 1. The maximum atomic E-state index is 10.7. The lowest BCUT2D eigenvalue weighted by molar-refractivity contribution is -0.384. The molecule has 0 radical (unpaired) electrons. The van der Waals surface area contributed by atoms with Gasteiger partial charge in [-0.25, -0.2) is 9.97 Å². The third-order valence-corrected chi connectivity index (χ3v) is 3.33. The van der Waals surface area contributed by atoms with E-state index < -0.39 is 4.92 Å². The number of benzene rings is 2. The van der Waals surface area contributed by atoms with Crippen molar-refractivity contribution >= 4 is 23.6 Å². The molecule has 0 spiro atoms. The van der Waals surface area contributed by atoms with Crippen LogP contribution in [0.2, 0.25) is 0 Å². The summed E-state index contributed by atoms with van der Waals surface area (Å²) in [5, 5.41) is 13.7. The van der Waals surface area contributed by atoms with Crippen LogP contribution in [-0.2, 0) is 0 Å². The maximum absolute atomic E-state index is 10.7. The summed E-state index contributed by atoms with van der Waals surface area (Å²) in [6.45, 7) is 0. The van der Waals surface area contributed by atoms with Gasteiger partial charge in [0.25, 0.3) is 5.69 Å². The van der Waals surface area contributed by atoms with Gasteiger partial charge < -0.3 is 5.32 Å². The first kappa shape index (κ1) is 15.3. The smallest absolute Gasteiger partial charge is 0.269 e. The minimum atomic E-state index is -0.445. The van der Waals surface area contributed by atoms with Crippen molar-refractivity contribution < 1.29 is 9.72 Å². The van der Waals surface area contributed by atoms with Crippen molar-refractivity contribution in [3.8, 4) is 11.3 Å². The van der Waals surface area contributed by atoms with Gasteiger partial charge in [0.1, 0.15) is 6.29 Å². The Kier molecular flexibility index (Phi) is 4.24. The van der Waals surface area contributed by atoms with E-state index in [0.29, 0.717) is 17.2 Å². The topological polar surface area (TPSA) is 98.0 Å². The number of aldehydes is 1. The lowest BCUT2D eigenvalue weighted by Gasteiger charge is -2.07. The molecule has 0 aliphatic rings. The van der Waals surface area contributed by atoms with Crippen molar-refractivity contribution in [3.05, 3.63) is 76.5 Å². The third-order valence-electron chi connectivity index (χ3n) is 3.33. The summed E-state index contributed by atoms with van der Waals surface area (Å²) >= 11 is 0. The van der Waals surface area contributed by atoms with Crippen LogP contribution in [0.4, 0.5) is 17.3 Å². The number of nitrogens with zero attached hydrogens (tertiary/aromatic N) is 3. The molecule has 7 nitrogen and oxygen atoms in total. The molecule has 0 unspecified atom stereocenters. The zero-order valence-corrected chi connectivity index (χ0v) is 12.4. The van der Waals surface area contributed by atoms with Gasteiger partial charge in [-0.05, 0) is 42.5 Å². The van der Waals surface area contributed by atoms with Gasteiger partial charge in [-0.2, -0.15) is 0 Å². The zero-order chi connectivity index (χ0) is 16.9. The lowest BCUT2D eigenvalue weighted by atomic mass is 10.1. The Morgan fingerprint density at radius 2 is 1.71 bits per heavy atom. The average molecular weight is 320 g/mol. The third kappa shape index (κ3) is 3.41. The standard InChI is InChI=1S/C17H12N4O3/c22-11-12-1-5-14(6-2-12)19-17-18-10-9-16(20-17)13-3-7-15(8-4-13)21(23)24/h1-11H,(H,18,19,20). The number of carbonyl (C=O) groups is 1. The van der Waals surface area contributed by atoms with Crippen LogP contribution in [0.5, 0.6) is 0 Å². The normalized spacial score (nSPS) is 10.2. The fraction of sp³-hybridized carbons (Fsp3) is 0. The van der Waals surface area contributed by atoms with Crippen molar-refractivity contribution in [2.24, 2.45) is 0 Å². The largest absolute Gasteiger partial charge is 0.324 e. The van der Waals surface area contributed by atoms with Gasteiger partial charge >= 0.3 is 0 Å². The van der Waals surface area contributed by atoms with Gasteiger partial charge in [0.2, 0.25) is 5.95 Å². The molecule has 1 heterocycles. The number of non-ortho nitro benzene ring substituents is 1. The molecule has 0 fully saturated rings. The number of carbonyl (C=O) groups excluding carboxylic acids is 1. The van der Waals surface area contributed by atoms with Crippen LogP contribution in [0.3, 0.4) is 0 Å². The molecule has 3 aromatic rings. The summed E-state index contributed by atoms with van der Waals surface area (Å²) in [6, 6.07) is 14.8. The van der Waals surface area contributed by atoms with Crippen LogP contribution < -0.4 is 5.32 Å². The molecule has 0 atom stereocenters. The van der Waals surface area contributed by atoms with Crippen LogP contribution in [0, 0.1) is 10.1 Å². The van der Waals surface area contributed by atoms with E-state index in [0.717, 1.165) is 17.5 Å². The number of anilines is 2. The maximum Gasteiger partial charge on any atom is 0.269 e. The van der Waals surface area contributed by atoms with Crippen molar-refractivity contribution in [2.75, 3.05) is 5.32 Å². The molecule has 1 aromatic heterocycles. The van der Waals surface area contributed by atoms with Crippen molar-refractivity contribution in [1.29, 1.82) is 0 Å². The lowest BCUT2D eigenvalue weighted by Crippen LogP contribution is -1.98. The number of nitrogens with one attached hydrogen (secondary N) is 1. The highest BCUT2D eigenvalue weighted by molar-refractivity contribution is 5.76. The SMILES string of the molecule is O=Cc1ccc(Nc2nccc(-c3ccc([N+](=O)[O-])cc3)n2)cc1. The Bertz CT molecular complexity index is 877. The van der Waals surface area contributed by atoms with Crippen molar-refractivity contribution in [3.63, 3.8) is 0 Å². The first-order valence-electron chi connectivity index (χ1n) is 7.06. The summed E-state index contributed by atoms with van der Waals surface area (Å²) in [6.07, 6.45) is 2.38. The van der Waals surface area contributed by atoms with E-state index in [4.69, 9.17) is 0 Å². The quantitative estimate of drug-likeness (QED) is 0.438. The first-order valence-corrected chi connectivity index (χ1v) is 7.06. The van der Waals surface area contributed by atoms with Crippen LogP contribution in [-0.4, -0.2) is 21.2 Å². The second kappa shape index (κ2) is 6.66. The molecule has 0 saturated heterocycles. The monoisotopic (exact) mass is 320 g/mol. The van der Waals surface area contributed by atoms with Crippen LogP contribution >= 0.6 is 0 Å². The first-order chi connectivity index (χ1) is 11.7. The highest BCUT2D eigenvalue weighted by Crippen LogP contribution is 2.22. The second-order valence-corrected chi connectivity index (χ2v) is 4.93. The summed E-state index contributed by atoms with van der Waals surface area (Å²) in [7, 11) is 0. The number of aromatic nitrogens is 2. The number of nitro groups is 1. The van der Waals surface area contributed by atoms with Gasteiger partial charge in [0.05, 0.1) is 10.6 Å². The molecule has 0 saturated carbocycles. The predicted molar refractivity (Wildman–Crippen MR) is 89.2 cm³/mol. The fourth-order valence-electron chi connectivity index (χ4n) is 2.11. The molecule has 0 amide bonds. The molecular weight excluding hydrogens is 308 g/mol. The van der Waals surface area contributed by atoms with Crippen LogP contribution in [0.15, 0.2) is 60.8 Å². The molecule has 0 aliphatic carbocycles. The molecule has 0 aliphatic heterocycles. The molecule has 7 heteroatoms. The molecule has 118 valence electrons. The van der Waals surface area contributed by atoms with Gasteiger partial charge in [-0.15, -0.1) is 0 Å². The summed E-state index contributed by atoms with van der Waals surface area (Å²) < 4.78 is 0. The molecule has 1 N–H and O–H groups in total. The second-order valence-electron chi connectivity index (χ2n) is 4.93. The van der Waals surface area contributed by atoms with E-state index in [9.17, 15) is 14.9 Å². The Morgan fingerprint density at radius 3 is 2.33 bits per heavy atom. The summed E-state index contributed by atoms with van der Waals surface area (Å²) in [5.41, 5.74) is 2.76. The Hall–Kier alpha value is -3.61. The van der Waals surface area contributed by atoms with E-state index >= 15 is 0 Å². The van der Waals surface area contributed by atoms with Gasteiger partial charge in [0.15, 0.2) is 0 Å². The minimum Gasteiger partial charge on any atom is -0.324 e. The van der Waals surface area contributed by atoms with E-state index in [2.05, 4.69) is 15.3 Å². The van der Waals surface area contributed by atoms with E-state index in [1.165, 1.54) is 12.1 Å². The minimum absolute atomic E-state index is 0.0291. The van der Waals surface area contributed by atoms with Gasteiger partial charge in [0, 0.05) is 35.1 Å². The summed E-state index contributed by atoms with van der Waals surface area (Å²) in [4.78, 5) is 29.5. The molecule has 0 bridgehead atoms. The molecular formula is C17H12N4O3. The Labute approximate surface area is 137 Å². The Morgan fingerprint density at radius 1 is 1.00 bits per heavy atom. The number of nitro benzene ring substituents is 1. The molecule has 2 aromatic carbocycles. The van der Waals surface area contributed by atoms with Crippen molar-refractivity contribution in [1.82, 2.24) is 9.97 Å². The zero-order valence-electron chi connectivity index (χ0n) is 12.4. The van der Waals surface area contributed by atoms with E-state index in [-0.39, 0.29) is 5.69 Å². The molecule has 3 rings (SSSR count). The van der Waals surface area contributed by atoms with Crippen molar-refractivity contribution in [2.45, 2.75) is 0 Å².